The Balaban J connectivity index is 1.53. The topological polar surface area (TPSA) is 62.3 Å². The highest BCUT2D eigenvalue weighted by molar-refractivity contribution is 9.10. The Morgan fingerprint density at radius 3 is 2.84 bits per heavy atom. The van der Waals surface area contributed by atoms with Gasteiger partial charge in [-0.3, -0.25) is 9.59 Å². The number of pyridine rings is 1. The number of aryl methyl sites for hydroxylation is 1. The van der Waals surface area contributed by atoms with Crippen LogP contribution in [-0.2, 0) is 10.2 Å². The Kier molecular flexibility index (Phi) is 3.87. The molecule has 1 aromatic heterocycles. The average Bonchev–Trinajstić information content (AvgIpc) is 3.33. The Morgan fingerprint density at radius 2 is 2.12 bits per heavy atom. The molecular weight excluding hydrogens is 382 g/mol. The molecule has 2 amide bonds. The fourth-order valence-corrected chi connectivity index (χ4v) is 3.86. The van der Waals surface area contributed by atoms with E-state index in [4.69, 9.17) is 0 Å². The first kappa shape index (κ1) is 16.3. The molecule has 1 saturated carbocycles. The third-order valence-electron chi connectivity index (χ3n) is 4.94. The van der Waals surface area contributed by atoms with Gasteiger partial charge in [-0.15, -0.1) is 0 Å². The maximum Gasteiger partial charge on any atom is 0.254 e. The van der Waals surface area contributed by atoms with Crippen LogP contribution in [0.4, 0.5) is 5.82 Å². The first-order valence-corrected chi connectivity index (χ1v) is 9.08. The summed E-state index contributed by atoms with van der Waals surface area (Å²) in [6, 6.07) is 9.47. The molecule has 5 nitrogen and oxygen atoms in total. The number of carbonyl (C=O) groups is 2. The van der Waals surface area contributed by atoms with E-state index in [9.17, 15) is 9.59 Å². The quantitative estimate of drug-likeness (QED) is 0.860. The van der Waals surface area contributed by atoms with E-state index in [0.29, 0.717) is 17.9 Å². The zero-order valence-electron chi connectivity index (χ0n) is 13.9. The van der Waals surface area contributed by atoms with Crippen LogP contribution in [0.25, 0.3) is 0 Å². The second-order valence-electron chi connectivity index (χ2n) is 6.90. The number of fused-ring (bicyclic) bond motifs is 2. The van der Waals surface area contributed by atoms with Crippen LogP contribution in [0.5, 0.6) is 0 Å². The van der Waals surface area contributed by atoms with Crippen molar-refractivity contribution in [3.63, 3.8) is 0 Å². The van der Waals surface area contributed by atoms with Crippen molar-refractivity contribution < 1.29 is 9.59 Å². The molecule has 0 unspecified atom stereocenters. The lowest BCUT2D eigenvalue weighted by molar-refractivity contribution is -0.117. The van der Waals surface area contributed by atoms with Gasteiger partial charge in [-0.25, -0.2) is 4.98 Å². The Bertz CT molecular complexity index is 877. The standard InChI is InChI=1S/C19H18BrN3O2/c1-12-4-7-21-16(8-12)22-17(24)10-23-11-19(5-6-19)15-9-13(20)2-3-14(15)18(23)25/h2-4,7-9H,5-6,10-11H2,1H3,(H,21,22,24). The van der Waals surface area contributed by atoms with Crippen molar-refractivity contribution in [3.05, 3.63) is 57.7 Å². The number of hydrogen-bond acceptors (Lipinski definition) is 3. The van der Waals surface area contributed by atoms with Gasteiger partial charge >= 0.3 is 0 Å². The molecule has 1 N–H and O–H groups in total. The highest BCUT2D eigenvalue weighted by Gasteiger charge is 2.51. The second kappa shape index (κ2) is 5.95. The Morgan fingerprint density at radius 1 is 1.32 bits per heavy atom. The molecule has 128 valence electrons. The van der Waals surface area contributed by atoms with Crippen LogP contribution in [0.15, 0.2) is 41.0 Å². The number of carbonyl (C=O) groups excluding carboxylic acids is 2. The lowest BCUT2D eigenvalue weighted by Gasteiger charge is -2.34. The number of benzene rings is 1. The van der Waals surface area contributed by atoms with Crippen molar-refractivity contribution in [1.82, 2.24) is 9.88 Å². The molecule has 0 saturated heterocycles. The van der Waals surface area contributed by atoms with E-state index in [1.807, 2.05) is 37.3 Å². The molecule has 4 rings (SSSR count). The van der Waals surface area contributed by atoms with Gasteiger partial charge in [0.05, 0.1) is 0 Å². The summed E-state index contributed by atoms with van der Waals surface area (Å²) < 4.78 is 0.988. The molecule has 1 spiro atoms. The lowest BCUT2D eigenvalue weighted by atomic mass is 9.86. The first-order valence-electron chi connectivity index (χ1n) is 8.29. The highest BCUT2D eigenvalue weighted by atomic mass is 79.9. The van der Waals surface area contributed by atoms with Crippen LogP contribution in [0, 0.1) is 6.92 Å². The van der Waals surface area contributed by atoms with E-state index in [2.05, 4.69) is 26.2 Å². The molecule has 0 bridgehead atoms. The Hall–Kier alpha value is -2.21. The third kappa shape index (κ3) is 3.06. The maximum absolute atomic E-state index is 12.8. The molecule has 2 heterocycles. The van der Waals surface area contributed by atoms with Gasteiger partial charge in [0.1, 0.15) is 12.4 Å². The average molecular weight is 400 g/mol. The molecule has 1 aromatic carbocycles. The number of nitrogens with one attached hydrogen (secondary N) is 1. The van der Waals surface area contributed by atoms with Crippen LogP contribution >= 0.6 is 15.9 Å². The summed E-state index contributed by atoms with van der Waals surface area (Å²) >= 11 is 3.49. The van der Waals surface area contributed by atoms with Crippen molar-refractivity contribution in [2.45, 2.75) is 25.2 Å². The largest absolute Gasteiger partial charge is 0.328 e. The van der Waals surface area contributed by atoms with Gasteiger partial charge in [0.25, 0.3) is 5.91 Å². The summed E-state index contributed by atoms with van der Waals surface area (Å²) in [6.07, 6.45) is 3.77. The van der Waals surface area contributed by atoms with Crippen molar-refractivity contribution in [3.8, 4) is 0 Å². The molecule has 2 aliphatic rings. The van der Waals surface area contributed by atoms with Crippen molar-refractivity contribution in [2.24, 2.45) is 0 Å². The number of aromatic nitrogens is 1. The van der Waals surface area contributed by atoms with Crippen LogP contribution < -0.4 is 5.32 Å². The van der Waals surface area contributed by atoms with E-state index in [1.54, 1.807) is 11.1 Å². The molecule has 0 radical (unpaired) electrons. The summed E-state index contributed by atoms with van der Waals surface area (Å²) in [7, 11) is 0. The summed E-state index contributed by atoms with van der Waals surface area (Å²) in [5, 5.41) is 2.78. The zero-order chi connectivity index (χ0) is 17.6. The van der Waals surface area contributed by atoms with Gasteiger partial charge in [0.2, 0.25) is 5.91 Å². The molecular formula is C19H18BrN3O2. The number of rotatable bonds is 3. The minimum Gasteiger partial charge on any atom is -0.328 e. The van der Waals surface area contributed by atoms with Gasteiger partial charge in [-0.1, -0.05) is 15.9 Å². The number of hydrogen-bond donors (Lipinski definition) is 1. The predicted molar refractivity (Wildman–Crippen MR) is 98.6 cm³/mol. The number of amides is 2. The minimum atomic E-state index is -0.220. The first-order chi connectivity index (χ1) is 12.0. The van der Waals surface area contributed by atoms with Crippen LogP contribution in [0.2, 0.25) is 0 Å². The smallest absolute Gasteiger partial charge is 0.254 e. The zero-order valence-corrected chi connectivity index (χ0v) is 15.5. The van der Waals surface area contributed by atoms with E-state index < -0.39 is 0 Å². The van der Waals surface area contributed by atoms with E-state index in [0.717, 1.165) is 28.4 Å². The van der Waals surface area contributed by atoms with Crippen LogP contribution in [0.1, 0.15) is 34.3 Å². The van der Waals surface area contributed by atoms with Gasteiger partial charge in [-0.05, 0) is 61.2 Å². The number of nitrogens with zero attached hydrogens (tertiary/aromatic N) is 2. The molecule has 25 heavy (non-hydrogen) atoms. The highest BCUT2D eigenvalue weighted by Crippen LogP contribution is 2.52. The number of halogens is 1. The van der Waals surface area contributed by atoms with E-state index >= 15 is 0 Å². The molecule has 1 aliphatic heterocycles. The SMILES string of the molecule is Cc1ccnc(NC(=O)CN2CC3(CC3)c3cc(Br)ccc3C2=O)c1. The van der Waals surface area contributed by atoms with Crippen LogP contribution in [0.3, 0.4) is 0 Å². The monoisotopic (exact) mass is 399 g/mol. The second-order valence-corrected chi connectivity index (χ2v) is 7.81. The molecule has 6 heteroatoms. The van der Waals surface area contributed by atoms with Gasteiger partial charge in [0.15, 0.2) is 0 Å². The van der Waals surface area contributed by atoms with E-state index in [1.165, 1.54) is 0 Å². The van der Waals surface area contributed by atoms with Crippen LogP contribution in [-0.4, -0.2) is 34.8 Å². The van der Waals surface area contributed by atoms with Crippen molar-refractivity contribution >= 4 is 33.6 Å². The van der Waals surface area contributed by atoms with Crippen molar-refractivity contribution in [2.75, 3.05) is 18.4 Å². The fraction of sp³-hybridized carbons (Fsp3) is 0.316. The maximum atomic E-state index is 12.8. The third-order valence-corrected chi connectivity index (χ3v) is 5.43. The summed E-state index contributed by atoms with van der Waals surface area (Å²) in [5.74, 6) is 0.218. The van der Waals surface area contributed by atoms with E-state index in [-0.39, 0.29) is 23.8 Å². The predicted octanol–water partition coefficient (Wildman–Crippen LogP) is 3.28. The summed E-state index contributed by atoms with van der Waals surface area (Å²) in [4.78, 5) is 31.0. The molecule has 0 atom stereocenters. The summed E-state index contributed by atoms with van der Waals surface area (Å²) in [6.45, 7) is 2.59. The Labute approximate surface area is 154 Å². The van der Waals surface area contributed by atoms with Gasteiger partial charge in [-0.2, -0.15) is 0 Å². The molecule has 1 fully saturated rings. The molecule has 2 aromatic rings. The lowest BCUT2D eigenvalue weighted by Crippen LogP contribution is -2.46. The molecule has 1 aliphatic carbocycles. The van der Waals surface area contributed by atoms with Gasteiger partial charge < -0.3 is 10.2 Å². The number of anilines is 1. The van der Waals surface area contributed by atoms with Crippen molar-refractivity contribution in [1.29, 1.82) is 0 Å². The summed E-state index contributed by atoms with van der Waals surface area (Å²) in [5.41, 5.74) is 2.88. The normalized spacial score (nSPS) is 17.4. The van der Waals surface area contributed by atoms with Gasteiger partial charge in [0, 0.05) is 28.2 Å². The fourth-order valence-electron chi connectivity index (χ4n) is 3.50. The minimum absolute atomic E-state index is 0.0227.